The fourth-order valence-corrected chi connectivity index (χ4v) is 1.73. The molecule has 16 heavy (non-hydrogen) atoms. The van der Waals surface area contributed by atoms with Crippen molar-refractivity contribution in [3.8, 4) is 0 Å². The highest BCUT2D eigenvalue weighted by Crippen LogP contribution is 2.07. The van der Waals surface area contributed by atoms with Crippen molar-refractivity contribution >= 4 is 11.9 Å². The van der Waals surface area contributed by atoms with Gasteiger partial charge in [0.05, 0.1) is 6.04 Å². The molecule has 1 saturated heterocycles. The van der Waals surface area contributed by atoms with Gasteiger partial charge < -0.3 is 20.8 Å². The second-order valence-electron chi connectivity index (χ2n) is 3.91. The maximum atomic E-state index is 11.7. The third-order valence-electron chi connectivity index (χ3n) is 2.66. The first kappa shape index (κ1) is 12.9. The molecule has 0 aromatic carbocycles. The largest absolute Gasteiger partial charge is 0.480 e. The standard InChI is InChI=1S/C10H18N2O4/c13-6-4-8(10(15)16)12-9(14)7-3-1-2-5-11-7/h7-8,11,13H,1-6H2,(H,12,14)(H,15,16)/t7-,8-/m0/s1. The number of rotatable bonds is 5. The summed E-state index contributed by atoms with van der Waals surface area (Å²) < 4.78 is 0. The first-order chi connectivity index (χ1) is 7.65. The number of carbonyl (C=O) groups excluding carboxylic acids is 1. The number of carboxylic acid groups (broad SMARTS) is 1. The highest BCUT2D eigenvalue weighted by atomic mass is 16.4. The van der Waals surface area contributed by atoms with Gasteiger partial charge in [0.25, 0.3) is 0 Å². The molecule has 1 amide bonds. The monoisotopic (exact) mass is 230 g/mol. The van der Waals surface area contributed by atoms with Gasteiger partial charge in [0.2, 0.25) is 5.91 Å². The van der Waals surface area contributed by atoms with E-state index < -0.39 is 12.0 Å². The number of aliphatic hydroxyl groups is 1. The molecule has 92 valence electrons. The maximum absolute atomic E-state index is 11.7. The average Bonchev–Trinajstić information content (AvgIpc) is 2.29. The number of piperidine rings is 1. The second kappa shape index (κ2) is 6.44. The number of carboxylic acids is 1. The third kappa shape index (κ3) is 3.79. The Hall–Kier alpha value is -1.14. The van der Waals surface area contributed by atoms with E-state index in [0.29, 0.717) is 0 Å². The summed E-state index contributed by atoms with van der Waals surface area (Å²) in [6, 6.07) is -1.30. The molecule has 0 radical (unpaired) electrons. The van der Waals surface area contributed by atoms with Crippen LogP contribution in [0.5, 0.6) is 0 Å². The highest BCUT2D eigenvalue weighted by Gasteiger charge is 2.25. The van der Waals surface area contributed by atoms with Gasteiger partial charge in [-0.05, 0) is 19.4 Å². The van der Waals surface area contributed by atoms with E-state index >= 15 is 0 Å². The predicted molar refractivity (Wildman–Crippen MR) is 56.9 cm³/mol. The molecular formula is C10H18N2O4. The molecule has 0 saturated carbocycles. The summed E-state index contributed by atoms with van der Waals surface area (Å²) in [5.74, 6) is -1.40. The summed E-state index contributed by atoms with van der Waals surface area (Å²) in [5, 5.41) is 22.9. The molecular weight excluding hydrogens is 212 g/mol. The molecule has 4 N–H and O–H groups in total. The van der Waals surface area contributed by atoms with Crippen molar-refractivity contribution < 1.29 is 19.8 Å². The zero-order valence-corrected chi connectivity index (χ0v) is 9.11. The number of amides is 1. The lowest BCUT2D eigenvalue weighted by Crippen LogP contribution is -2.51. The first-order valence-electron chi connectivity index (χ1n) is 5.52. The smallest absolute Gasteiger partial charge is 0.326 e. The number of nitrogens with one attached hydrogen (secondary N) is 2. The number of aliphatic carboxylic acids is 1. The lowest BCUT2D eigenvalue weighted by atomic mass is 10.0. The van der Waals surface area contributed by atoms with E-state index in [1.54, 1.807) is 0 Å². The van der Waals surface area contributed by atoms with Crippen molar-refractivity contribution in [3.63, 3.8) is 0 Å². The Labute approximate surface area is 94.0 Å². The summed E-state index contributed by atoms with van der Waals surface area (Å²) in [6.45, 7) is 0.533. The molecule has 6 heteroatoms. The van der Waals surface area contributed by atoms with Crippen LogP contribution < -0.4 is 10.6 Å². The van der Waals surface area contributed by atoms with Crippen LogP contribution in [0.2, 0.25) is 0 Å². The molecule has 1 fully saturated rings. The number of hydrogen-bond donors (Lipinski definition) is 4. The number of hydrogen-bond acceptors (Lipinski definition) is 4. The predicted octanol–water partition coefficient (Wildman–Crippen LogP) is -0.920. The molecule has 1 aliphatic rings. The summed E-state index contributed by atoms with van der Waals surface area (Å²) >= 11 is 0. The molecule has 0 aliphatic carbocycles. The maximum Gasteiger partial charge on any atom is 0.326 e. The molecule has 1 heterocycles. The normalized spacial score (nSPS) is 22.4. The lowest BCUT2D eigenvalue weighted by Gasteiger charge is -2.24. The number of carbonyl (C=O) groups is 2. The highest BCUT2D eigenvalue weighted by molar-refractivity contribution is 5.86. The van der Waals surface area contributed by atoms with Crippen LogP contribution in [0.15, 0.2) is 0 Å². The Balaban J connectivity index is 2.43. The van der Waals surface area contributed by atoms with Crippen molar-refractivity contribution in [1.29, 1.82) is 0 Å². The van der Waals surface area contributed by atoms with E-state index in [9.17, 15) is 9.59 Å². The molecule has 0 unspecified atom stereocenters. The Bertz CT molecular complexity index is 251. The van der Waals surface area contributed by atoms with E-state index in [4.69, 9.17) is 10.2 Å². The van der Waals surface area contributed by atoms with E-state index in [2.05, 4.69) is 10.6 Å². The number of aliphatic hydroxyl groups excluding tert-OH is 1. The van der Waals surface area contributed by atoms with Crippen LogP contribution >= 0.6 is 0 Å². The van der Waals surface area contributed by atoms with E-state index in [-0.39, 0.29) is 25.0 Å². The van der Waals surface area contributed by atoms with Crippen LogP contribution in [0.1, 0.15) is 25.7 Å². The zero-order valence-electron chi connectivity index (χ0n) is 9.11. The van der Waals surface area contributed by atoms with Crippen molar-refractivity contribution in [2.75, 3.05) is 13.2 Å². The van der Waals surface area contributed by atoms with Gasteiger partial charge in [0, 0.05) is 13.0 Å². The second-order valence-corrected chi connectivity index (χ2v) is 3.91. The molecule has 6 nitrogen and oxygen atoms in total. The minimum absolute atomic E-state index is 0.0355. The summed E-state index contributed by atoms with van der Waals surface area (Å²) in [4.78, 5) is 22.4. The Morgan fingerprint density at radius 2 is 2.19 bits per heavy atom. The first-order valence-corrected chi connectivity index (χ1v) is 5.52. The lowest BCUT2D eigenvalue weighted by molar-refractivity contribution is -0.142. The minimum atomic E-state index is -1.11. The Morgan fingerprint density at radius 1 is 1.44 bits per heavy atom. The molecule has 2 atom stereocenters. The Kier molecular flexibility index (Phi) is 5.21. The quantitative estimate of drug-likeness (QED) is 0.489. The van der Waals surface area contributed by atoms with Crippen LogP contribution in [0, 0.1) is 0 Å². The fraction of sp³-hybridized carbons (Fsp3) is 0.800. The molecule has 1 rings (SSSR count). The van der Waals surface area contributed by atoms with E-state index in [0.717, 1.165) is 25.8 Å². The van der Waals surface area contributed by atoms with Crippen LogP contribution in [0.25, 0.3) is 0 Å². The molecule has 0 spiro atoms. The van der Waals surface area contributed by atoms with Gasteiger partial charge in [-0.25, -0.2) is 4.79 Å². The van der Waals surface area contributed by atoms with Crippen LogP contribution in [-0.2, 0) is 9.59 Å². The summed E-state index contributed by atoms with van der Waals surface area (Å²) in [6.07, 6.45) is 2.79. The molecule has 0 aromatic heterocycles. The van der Waals surface area contributed by atoms with E-state index in [1.165, 1.54) is 0 Å². The molecule has 1 aliphatic heterocycles. The molecule has 0 bridgehead atoms. The SMILES string of the molecule is O=C(O)[C@H](CCO)NC(=O)[C@@H]1CCCCN1. The average molecular weight is 230 g/mol. The van der Waals surface area contributed by atoms with Crippen LogP contribution in [0.3, 0.4) is 0 Å². The summed E-state index contributed by atoms with van der Waals surface area (Å²) in [7, 11) is 0. The molecule has 0 aromatic rings. The zero-order chi connectivity index (χ0) is 12.0. The topological polar surface area (TPSA) is 98.7 Å². The van der Waals surface area contributed by atoms with Gasteiger partial charge in [0.15, 0.2) is 0 Å². The third-order valence-corrected chi connectivity index (χ3v) is 2.66. The van der Waals surface area contributed by atoms with E-state index in [1.807, 2.05) is 0 Å². The van der Waals surface area contributed by atoms with Gasteiger partial charge in [-0.3, -0.25) is 4.79 Å². The van der Waals surface area contributed by atoms with Crippen LogP contribution in [0.4, 0.5) is 0 Å². The minimum Gasteiger partial charge on any atom is -0.480 e. The van der Waals surface area contributed by atoms with Crippen molar-refractivity contribution in [1.82, 2.24) is 10.6 Å². The van der Waals surface area contributed by atoms with Gasteiger partial charge in [-0.15, -0.1) is 0 Å². The van der Waals surface area contributed by atoms with Gasteiger partial charge in [0.1, 0.15) is 6.04 Å². The Morgan fingerprint density at radius 3 is 2.69 bits per heavy atom. The van der Waals surface area contributed by atoms with Gasteiger partial charge >= 0.3 is 5.97 Å². The van der Waals surface area contributed by atoms with Crippen LogP contribution in [-0.4, -0.2) is 47.3 Å². The van der Waals surface area contributed by atoms with Crippen molar-refractivity contribution in [3.05, 3.63) is 0 Å². The van der Waals surface area contributed by atoms with Crippen molar-refractivity contribution in [2.45, 2.75) is 37.8 Å². The van der Waals surface area contributed by atoms with Crippen molar-refractivity contribution in [2.24, 2.45) is 0 Å². The van der Waals surface area contributed by atoms with Gasteiger partial charge in [-0.1, -0.05) is 6.42 Å². The van der Waals surface area contributed by atoms with Gasteiger partial charge in [-0.2, -0.15) is 0 Å². The summed E-state index contributed by atoms with van der Waals surface area (Å²) in [5.41, 5.74) is 0. The fourth-order valence-electron chi connectivity index (χ4n) is 1.73.